The molecule has 0 bridgehead atoms. The minimum atomic E-state index is -0.599. The van der Waals surface area contributed by atoms with E-state index >= 15 is 0 Å². The number of nitrogens with two attached hydrogens (primary N) is 1. The first-order valence-electron chi connectivity index (χ1n) is 11.5. The molecule has 186 valence electrons. The number of anilines is 4. The molecule has 1 aliphatic rings. The maximum Gasteiger partial charge on any atom is 0.252 e. The number of hydrogen-bond donors (Lipinski definition) is 4. The van der Waals surface area contributed by atoms with Crippen molar-refractivity contribution in [2.75, 3.05) is 42.3 Å². The number of nitrogens with one attached hydrogen (secondary N) is 2. The van der Waals surface area contributed by atoms with Crippen molar-refractivity contribution in [1.29, 1.82) is 5.26 Å². The molecule has 3 aromatic rings. The van der Waals surface area contributed by atoms with E-state index in [1.54, 1.807) is 25.4 Å². The number of amides is 1. The van der Waals surface area contributed by atoms with Crippen LogP contribution in [0.25, 0.3) is 0 Å². The van der Waals surface area contributed by atoms with E-state index in [-0.39, 0.29) is 24.1 Å². The first-order chi connectivity index (χ1) is 17.5. The molecule has 0 spiro atoms. The molecule has 0 saturated carbocycles. The number of nitrogens with zero attached hydrogens (tertiary/aromatic N) is 5. The molecule has 0 radical (unpaired) electrons. The molecule has 4 heterocycles. The van der Waals surface area contributed by atoms with Gasteiger partial charge in [0, 0.05) is 63.4 Å². The van der Waals surface area contributed by atoms with Crippen LogP contribution in [0, 0.1) is 17.2 Å². The van der Waals surface area contributed by atoms with Gasteiger partial charge in [-0.05, 0) is 30.2 Å². The van der Waals surface area contributed by atoms with Crippen molar-refractivity contribution < 1.29 is 14.6 Å². The summed E-state index contributed by atoms with van der Waals surface area (Å²) in [6, 6.07) is 10.9. The van der Waals surface area contributed by atoms with Gasteiger partial charge in [0.1, 0.15) is 23.5 Å². The van der Waals surface area contributed by atoms with Crippen LogP contribution < -0.4 is 21.3 Å². The number of piperidine rings is 1. The van der Waals surface area contributed by atoms with Gasteiger partial charge in [-0.2, -0.15) is 5.26 Å². The van der Waals surface area contributed by atoms with Crippen LogP contribution in [0.1, 0.15) is 27.9 Å². The highest BCUT2D eigenvalue weighted by Crippen LogP contribution is 2.28. The minimum absolute atomic E-state index is 0.0513. The van der Waals surface area contributed by atoms with E-state index in [0.29, 0.717) is 49.0 Å². The van der Waals surface area contributed by atoms with Crippen LogP contribution in [-0.4, -0.2) is 58.8 Å². The van der Waals surface area contributed by atoms with Crippen molar-refractivity contribution >= 4 is 29.0 Å². The van der Waals surface area contributed by atoms with E-state index in [2.05, 4.69) is 36.6 Å². The van der Waals surface area contributed by atoms with Crippen LogP contribution in [0.5, 0.6) is 0 Å². The third-order valence-corrected chi connectivity index (χ3v) is 6.07. The molecule has 5 N–H and O–H groups in total. The molecule has 36 heavy (non-hydrogen) atoms. The lowest BCUT2D eigenvalue weighted by molar-refractivity contribution is 0.100. The third kappa shape index (κ3) is 5.86. The van der Waals surface area contributed by atoms with Crippen LogP contribution in [0.4, 0.5) is 23.1 Å². The summed E-state index contributed by atoms with van der Waals surface area (Å²) >= 11 is 0. The number of aliphatic hydroxyl groups is 1. The smallest absolute Gasteiger partial charge is 0.252 e. The second kappa shape index (κ2) is 11.4. The second-order valence-corrected chi connectivity index (χ2v) is 8.53. The van der Waals surface area contributed by atoms with Crippen molar-refractivity contribution in [3.05, 3.63) is 65.6 Å². The summed E-state index contributed by atoms with van der Waals surface area (Å²) < 4.78 is 5.11. The van der Waals surface area contributed by atoms with Crippen molar-refractivity contribution in [1.82, 2.24) is 15.0 Å². The molecule has 1 aliphatic heterocycles. The molecule has 0 unspecified atom stereocenters. The van der Waals surface area contributed by atoms with Gasteiger partial charge in [-0.3, -0.25) is 4.79 Å². The average molecular weight is 489 g/mol. The lowest BCUT2D eigenvalue weighted by atomic mass is 9.92. The monoisotopic (exact) mass is 488 g/mol. The summed E-state index contributed by atoms with van der Waals surface area (Å²) in [5.74, 6) is 1.11. The summed E-state index contributed by atoms with van der Waals surface area (Å²) in [5.41, 5.74) is 7.84. The molecular formula is C25H28N8O3. The predicted molar refractivity (Wildman–Crippen MR) is 135 cm³/mol. The average Bonchev–Trinajstić information content (AvgIpc) is 2.90. The first-order valence-corrected chi connectivity index (χ1v) is 11.5. The molecular weight excluding hydrogens is 460 g/mol. The number of carbonyl (C=O) groups excluding carboxylic acids is 1. The number of aromatic nitrogens is 3. The Morgan fingerprint density at radius 3 is 2.69 bits per heavy atom. The van der Waals surface area contributed by atoms with Crippen molar-refractivity contribution in [2.24, 2.45) is 11.7 Å². The molecule has 11 nitrogen and oxygen atoms in total. The van der Waals surface area contributed by atoms with E-state index in [4.69, 9.17) is 15.7 Å². The van der Waals surface area contributed by atoms with Crippen LogP contribution in [0.2, 0.25) is 0 Å². The number of nitriles is 1. The maximum atomic E-state index is 12.1. The fourth-order valence-electron chi connectivity index (χ4n) is 4.18. The Balaban J connectivity index is 1.49. The van der Waals surface area contributed by atoms with E-state index in [9.17, 15) is 9.90 Å². The Labute approximate surface area is 209 Å². The largest absolute Gasteiger partial charge is 0.396 e. The zero-order valence-corrected chi connectivity index (χ0v) is 19.9. The lowest BCUT2D eigenvalue weighted by Gasteiger charge is -2.39. The first kappa shape index (κ1) is 24.8. The number of hydrogen-bond acceptors (Lipinski definition) is 10. The number of ether oxygens (including phenoxy) is 1. The van der Waals surface area contributed by atoms with E-state index in [1.807, 2.05) is 18.2 Å². The van der Waals surface area contributed by atoms with Gasteiger partial charge in [0.25, 0.3) is 5.91 Å². The van der Waals surface area contributed by atoms with Crippen LogP contribution >= 0.6 is 0 Å². The van der Waals surface area contributed by atoms with Crippen molar-refractivity contribution in [3.63, 3.8) is 0 Å². The highest BCUT2D eigenvalue weighted by atomic mass is 16.5. The van der Waals surface area contributed by atoms with E-state index in [1.165, 1.54) is 12.4 Å². The third-order valence-electron chi connectivity index (χ3n) is 6.07. The SMILES string of the molecule is COCc1ccc(Nc2cc(N[C@@H]3CCN(c4ccc(C#N)cn4)C[C@H]3CO)c(C(N)=O)cn2)nc1. The van der Waals surface area contributed by atoms with Gasteiger partial charge in [0.15, 0.2) is 0 Å². The van der Waals surface area contributed by atoms with E-state index in [0.717, 1.165) is 11.4 Å². The van der Waals surface area contributed by atoms with Gasteiger partial charge >= 0.3 is 0 Å². The predicted octanol–water partition coefficient (Wildman–Crippen LogP) is 2.03. The Morgan fingerprint density at radius 1 is 1.22 bits per heavy atom. The van der Waals surface area contributed by atoms with Gasteiger partial charge in [-0.25, -0.2) is 15.0 Å². The van der Waals surface area contributed by atoms with Crippen LogP contribution in [0.3, 0.4) is 0 Å². The molecule has 4 rings (SSSR count). The molecule has 0 aliphatic carbocycles. The lowest BCUT2D eigenvalue weighted by Crippen LogP contribution is -2.48. The molecule has 1 amide bonds. The number of pyridine rings is 3. The van der Waals surface area contributed by atoms with Gasteiger partial charge < -0.3 is 31.1 Å². The van der Waals surface area contributed by atoms with Gasteiger partial charge in [-0.1, -0.05) is 6.07 Å². The summed E-state index contributed by atoms with van der Waals surface area (Å²) in [6.07, 6.45) is 5.37. The minimum Gasteiger partial charge on any atom is -0.396 e. The molecule has 3 aromatic heterocycles. The summed E-state index contributed by atoms with van der Waals surface area (Å²) in [4.78, 5) is 27.2. The maximum absolute atomic E-state index is 12.1. The summed E-state index contributed by atoms with van der Waals surface area (Å²) in [6.45, 7) is 1.67. The van der Waals surface area contributed by atoms with Crippen molar-refractivity contribution in [3.8, 4) is 6.07 Å². The zero-order valence-electron chi connectivity index (χ0n) is 19.9. The summed E-state index contributed by atoms with van der Waals surface area (Å²) in [5, 5.41) is 25.6. The zero-order chi connectivity index (χ0) is 25.5. The Kier molecular flexibility index (Phi) is 7.89. The molecule has 1 fully saturated rings. The van der Waals surface area contributed by atoms with Gasteiger partial charge in [0.2, 0.25) is 0 Å². The Hall–Kier alpha value is -4.27. The molecule has 0 aromatic carbocycles. The van der Waals surface area contributed by atoms with Crippen LogP contribution in [0.15, 0.2) is 48.9 Å². The number of aliphatic hydroxyl groups excluding tert-OH is 1. The fraction of sp³-hybridized carbons (Fsp3) is 0.320. The molecule has 1 saturated heterocycles. The highest BCUT2D eigenvalue weighted by molar-refractivity contribution is 5.98. The topological polar surface area (TPSA) is 162 Å². The fourth-order valence-corrected chi connectivity index (χ4v) is 4.18. The number of methoxy groups -OCH3 is 1. The summed E-state index contributed by atoms with van der Waals surface area (Å²) in [7, 11) is 1.63. The number of rotatable bonds is 9. The number of primary amides is 1. The van der Waals surface area contributed by atoms with Gasteiger partial charge in [0.05, 0.1) is 23.4 Å². The standard InChI is InChI=1S/C25H28N8O3/c1-36-15-17-2-4-22(28-11-17)32-23-8-21(19(12-29-23)25(27)35)31-20-6-7-33(13-18(20)14-34)24-5-3-16(9-26)10-30-24/h2-5,8,10-12,18,20,34H,6-7,13-15H2,1H3,(H2,27,35)(H2,28,29,31,32)/t18-,20+/m0/s1. The molecule has 2 atom stereocenters. The number of carbonyl (C=O) groups is 1. The highest BCUT2D eigenvalue weighted by Gasteiger charge is 2.30. The molecule has 11 heteroatoms. The van der Waals surface area contributed by atoms with Gasteiger partial charge in [-0.15, -0.1) is 0 Å². The normalized spacial score (nSPS) is 17.3. The second-order valence-electron chi connectivity index (χ2n) is 8.53. The quantitative estimate of drug-likeness (QED) is 0.350. The Morgan fingerprint density at radius 2 is 2.06 bits per heavy atom. The van der Waals surface area contributed by atoms with Crippen LogP contribution in [-0.2, 0) is 11.3 Å². The van der Waals surface area contributed by atoms with E-state index < -0.39 is 5.91 Å². The Bertz CT molecular complexity index is 1230. The van der Waals surface area contributed by atoms with Crippen molar-refractivity contribution in [2.45, 2.75) is 19.1 Å².